The van der Waals surface area contributed by atoms with E-state index in [1.165, 1.54) is 0 Å². The predicted octanol–water partition coefficient (Wildman–Crippen LogP) is 2.10. The number of rotatable bonds is 0. The van der Waals surface area contributed by atoms with Crippen LogP contribution in [0.2, 0.25) is 0 Å². The van der Waals surface area contributed by atoms with Gasteiger partial charge in [-0.3, -0.25) is 0 Å². The van der Waals surface area contributed by atoms with Gasteiger partial charge >= 0.3 is 0 Å². The first kappa shape index (κ1) is 101. The molecule has 0 spiro atoms. The van der Waals surface area contributed by atoms with Crippen molar-refractivity contribution in [2.45, 2.75) is 0 Å². The Morgan fingerprint density at radius 2 is 0.286 bits per heavy atom. The van der Waals surface area contributed by atoms with Gasteiger partial charge in [-0.15, -0.1) is 62.0 Å². The SMILES string of the molecule is Cl.Cl.Cl.Cl.Cl.[Zn].[Zn]. The summed E-state index contributed by atoms with van der Waals surface area (Å²) in [7, 11) is 0. The first-order valence-corrected chi connectivity index (χ1v) is 0. The molecule has 0 saturated carbocycles. The van der Waals surface area contributed by atoms with E-state index in [0.717, 1.165) is 0 Å². The Balaban J connectivity index is 0. The molecule has 7 heteroatoms. The fourth-order valence-corrected chi connectivity index (χ4v) is 0. The summed E-state index contributed by atoms with van der Waals surface area (Å²) in [6.45, 7) is 0. The van der Waals surface area contributed by atoms with Crippen LogP contribution >= 0.6 is 62.0 Å². The van der Waals surface area contributed by atoms with E-state index in [9.17, 15) is 0 Å². The van der Waals surface area contributed by atoms with Crippen LogP contribution < -0.4 is 0 Å². The van der Waals surface area contributed by atoms with Gasteiger partial charge in [-0.1, -0.05) is 0 Å². The van der Waals surface area contributed by atoms with Gasteiger partial charge in [0.05, 0.1) is 0 Å². The summed E-state index contributed by atoms with van der Waals surface area (Å²) in [6, 6.07) is 0. The molecule has 0 bridgehead atoms. The molecule has 7 heavy (non-hydrogen) atoms. The third-order valence-corrected chi connectivity index (χ3v) is 0. The Kier molecular flexibility index (Phi) is 1020. The molecule has 0 aliphatic heterocycles. The minimum atomic E-state index is 0. The van der Waals surface area contributed by atoms with Gasteiger partial charge in [0.15, 0.2) is 0 Å². The second-order valence-corrected chi connectivity index (χ2v) is 0. The summed E-state index contributed by atoms with van der Waals surface area (Å²) in [5.41, 5.74) is 0. The summed E-state index contributed by atoms with van der Waals surface area (Å²) in [5.74, 6) is 0. The van der Waals surface area contributed by atoms with E-state index < -0.39 is 0 Å². The summed E-state index contributed by atoms with van der Waals surface area (Å²) < 4.78 is 0. The molecule has 0 atom stereocenters. The van der Waals surface area contributed by atoms with Crippen molar-refractivity contribution in [3.05, 3.63) is 0 Å². The Morgan fingerprint density at radius 3 is 0.286 bits per heavy atom. The Hall–Kier alpha value is 2.70. The molecule has 0 amide bonds. The molecular weight excluding hydrogens is 308 g/mol. The maximum absolute atomic E-state index is 0. The van der Waals surface area contributed by atoms with Crippen molar-refractivity contribution >= 4 is 62.0 Å². The molecule has 0 aliphatic rings. The topological polar surface area (TPSA) is 0 Å². The van der Waals surface area contributed by atoms with E-state index in [1.54, 1.807) is 0 Å². The molecule has 0 radical (unpaired) electrons. The van der Waals surface area contributed by atoms with Gasteiger partial charge in [-0.2, -0.15) is 0 Å². The van der Waals surface area contributed by atoms with Crippen LogP contribution in [0.1, 0.15) is 0 Å². The van der Waals surface area contributed by atoms with Gasteiger partial charge in [0.25, 0.3) is 0 Å². The van der Waals surface area contributed by atoms with E-state index in [1.807, 2.05) is 0 Å². The van der Waals surface area contributed by atoms with Gasteiger partial charge in [-0.05, 0) is 0 Å². The summed E-state index contributed by atoms with van der Waals surface area (Å²) in [6.07, 6.45) is 0. The van der Waals surface area contributed by atoms with Crippen molar-refractivity contribution in [3.8, 4) is 0 Å². The summed E-state index contributed by atoms with van der Waals surface area (Å²) in [5, 5.41) is 0. The van der Waals surface area contributed by atoms with Crippen LogP contribution in [0.3, 0.4) is 0 Å². The molecule has 0 unspecified atom stereocenters. The predicted molar refractivity (Wildman–Crippen MR) is 36.2 cm³/mol. The zero-order valence-electron chi connectivity index (χ0n) is 3.46. The first-order valence-electron chi connectivity index (χ1n) is 0. The van der Waals surface area contributed by atoms with Crippen molar-refractivity contribution in [2.75, 3.05) is 0 Å². The molecule has 0 aromatic carbocycles. The van der Waals surface area contributed by atoms with E-state index in [4.69, 9.17) is 0 Å². The fraction of sp³-hybridized carbons (Fsp3) is 0. The molecule has 0 N–H and O–H groups in total. The van der Waals surface area contributed by atoms with E-state index in [0.29, 0.717) is 0 Å². The van der Waals surface area contributed by atoms with Gasteiger partial charge in [0.2, 0.25) is 0 Å². The average molecular weight is 313 g/mol. The average Bonchev–Trinajstić information content (AvgIpc) is 0. The van der Waals surface area contributed by atoms with E-state index in [-0.39, 0.29) is 101 Å². The molecule has 0 aliphatic carbocycles. The zero-order valence-corrected chi connectivity index (χ0v) is 13.5. The monoisotopic (exact) mass is 308 g/mol. The summed E-state index contributed by atoms with van der Waals surface area (Å²) >= 11 is 0. The molecule has 0 aromatic rings. The minimum Gasteiger partial charge on any atom is -0.147 e. The maximum Gasteiger partial charge on any atom is 0 e. The second kappa shape index (κ2) is 70.8. The van der Waals surface area contributed by atoms with Crippen LogP contribution in [-0.2, 0) is 39.0 Å². The molecule has 44 valence electrons. The van der Waals surface area contributed by atoms with E-state index in [2.05, 4.69) is 0 Å². The normalized spacial score (nSPS) is 0. The van der Waals surface area contributed by atoms with Crippen LogP contribution in [0.15, 0.2) is 0 Å². The van der Waals surface area contributed by atoms with Gasteiger partial charge < -0.3 is 0 Å². The van der Waals surface area contributed by atoms with Crippen molar-refractivity contribution in [1.82, 2.24) is 0 Å². The Labute approximate surface area is 99.9 Å². The zero-order chi connectivity index (χ0) is 0. The summed E-state index contributed by atoms with van der Waals surface area (Å²) in [4.78, 5) is 0. The van der Waals surface area contributed by atoms with Crippen molar-refractivity contribution in [3.63, 3.8) is 0 Å². The van der Waals surface area contributed by atoms with Crippen LogP contribution in [0, 0.1) is 0 Å². The molecule has 0 rings (SSSR count). The van der Waals surface area contributed by atoms with Gasteiger partial charge in [0, 0.05) is 39.0 Å². The molecule has 0 aromatic heterocycles. The maximum atomic E-state index is 0. The number of hydrogen-bond donors (Lipinski definition) is 0. The fourth-order valence-electron chi connectivity index (χ4n) is 0. The molecule has 0 fully saturated rings. The van der Waals surface area contributed by atoms with E-state index >= 15 is 0 Å². The standard InChI is InChI=1S/5ClH.2Zn/h5*1H;;. The molecular formula is H5Cl5Zn2. The number of hydrogen-bond acceptors (Lipinski definition) is 0. The smallest absolute Gasteiger partial charge is 0 e. The number of halogens is 5. The first-order chi connectivity index (χ1) is 0. The van der Waals surface area contributed by atoms with Gasteiger partial charge in [0.1, 0.15) is 0 Å². The van der Waals surface area contributed by atoms with Crippen molar-refractivity contribution in [1.29, 1.82) is 0 Å². The molecule has 0 nitrogen and oxygen atoms in total. The van der Waals surface area contributed by atoms with Crippen LogP contribution in [-0.4, -0.2) is 0 Å². The quantitative estimate of drug-likeness (QED) is 0.601. The van der Waals surface area contributed by atoms with Crippen LogP contribution in [0.4, 0.5) is 0 Å². The molecule has 0 saturated heterocycles. The van der Waals surface area contributed by atoms with Crippen LogP contribution in [0.25, 0.3) is 0 Å². The van der Waals surface area contributed by atoms with Crippen LogP contribution in [0.5, 0.6) is 0 Å². The van der Waals surface area contributed by atoms with Crippen molar-refractivity contribution in [2.24, 2.45) is 0 Å². The largest absolute Gasteiger partial charge is 0.147 e. The Morgan fingerprint density at radius 1 is 0.286 bits per heavy atom. The molecule has 0 heterocycles. The third kappa shape index (κ3) is 53.6. The second-order valence-electron chi connectivity index (χ2n) is 0. The van der Waals surface area contributed by atoms with Gasteiger partial charge in [-0.25, -0.2) is 0 Å². The third-order valence-electron chi connectivity index (χ3n) is 0. The Bertz CT molecular complexity index is 6.04. The van der Waals surface area contributed by atoms with Crippen molar-refractivity contribution < 1.29 is 39.0 Å². The minimum absolute atomic E-state index is 0.